The Balaban J connectivity index is 2.13. The minimum Gasteiger partial charge on any atom is -0.484 e. The average molecular weight is 315 g/mol. The van der Waals surface area contributed by atoms with Gasteiger partial charge in [-0.3, -0.25) is 4.79 Å². The fourth-order valence-electron chi connectivity index (χ4n) is 1.35. The number of hydrogen-bond donors (Lipinski definition) is 2. The van der Waals surface area contributed by atoms with Crippen molar-refractivity contribution in [2.24, 2.45) is 0 Å². The zero-order chi connectivity index (χ0) is 13.2. The molecule has 0 atom stereocenters. The summed E-state index contributed by atoms with van der Waals surface area (Å²) < 4.78 is 6.30. The monoisotopic (exact) mass is 314 g/mol. The minimum atomic E-state index is -0.103. The predicted octanol–water partition coefficient (Wildman–Crippen LogP) is 1.94. The van der Waals surface area contributed by atoms with E-state index < -0.39 is 0 Å². The van der Waals surface area contributed by atoms with Crippen LogP contribution in [-0.4, -0.2) is 32.1 Å². The fourth-order valence-corrected chi connectivity index (χ4v) is 1.73. The van der Waals surface area contributed by atoms with Crippen molar-refractivity contribution in [3.05, 3.63) is 28.7 Å². The lowest BCUT2D eigenvalue weighted by Crippen LogP contribution is -2.34. The first-order valence-corrected chi connectivity index (χ1v) is 6.87. The Morgan fingerprint density at radius 2 is 2.17 bits per heavy atom. The number of nitrogens with one attached hydrogen (secondary N) is 2. The van der Waals surface area contributed by atoms with Crippen LogP contribution in [0.15, 0.2) is 28.7 Å². The van der Waals surface area contributed by atoms with Crippen LogP contribution in [-0.2, 0) is 4.79 Å². The average Bonchev–Trinajstić information content (AvgIpc) is 2.36. The van der Waals surface area contributed by atoms with E-state index in [4.69, 9.17) is 4.74 Å². The maximum atomic E-state index is 11.5. The van der Waals surface area contributed by atoms with E-state index in [1.807, 2.05) is 24.3 Å². The van der Waals surface area contributed by atoms with Gasteiger partial charge in [0.2, 0.25) is 0 Å². The largest absolute Gasteiger partial charge is 0.484 e. The van der Waals surface area contributed by atoms with Crippen LogP contribution in [0, 0.1) is 0 Å². The van der Waals surface area contributed by atoms with E-state index in [9.17, 15) is 4.79 Å². The quantitative estimate of drug-likeness (QED) is 0.721. The maximum absolute atomic E-state index is 11.5. The van der Waals surface area contributed by atoms with Crippen LogP contribution in [0.5, 0.6) is 5.75 Å². The third-order valence-corrected chi connectivity index (χ3v) is 2.71. The van der Waals surface area contributed by atoms with E-state index in [1.165, 1.54) is 0 Å². The molecule has 0 spiro atoms. The standard InChI is InChI=1S/C13H19BrN2O2/c1-2-6-15-7-8-16-13(17)10-18-12-5-3-4-11(14)9-12/h3-5,9,15H,2,6-8,10H2,1H3,(H,16,17). The van der Waals surface area contributed by atoms with E-state index in [0.717, 1.165) is 24.0 Å². The zero-order valence-electron chi connectivity index (χ0n) is 10.5. The van der Waals surface area contributed by atoms with Crippen LogP contribution >= 0.6 is 15.9 Å². The van der Waals surface area contributed by atoms with E-state index in [2.05, 4.69) is 33.5 Å². The molecule has 0 saturated carbocycles. The number of benzene rings is 1. The zero-order valence-corrected chi connectivity index (χ0v) is 12.1. The molecule has 0 aliphatic carbocycles. The summed E-state index contributed by atoms with van der Waals surface area (Å²) in [6.07, 6.45) is 1.10. The van der Waals surface area contributed by atoms with Gasteiger partial charge in [0.1, 0.15) is 5.75 Å². The summed E-state index contributed by atoms with van der Waals surface area (Å²) in [5.41, 5.74) is 0. The number of amides is 1. The molecular weight excluding hydrogens is 296 g/mol. The van der Waals surface area contributed by atoms with Gasteiger partial charge in [0.15, 0.2) is 6.61 Å². The third kappa shape index (κ3) is 6.61. The van der Waals surface area contributed by atoms with Crippen LogP contribution in [0.4, 0.5) is 0 Å². The lowest BCUT2D eigenvalue weighted by molar-refractivity contribution is -0.123. The summed E-state index contributed by atoms with van der Waals surface area (Å²) in [5, 5.41) is 6.00. The molecule has 4 nitrogen and oxygen atoms in total. The summed E-state index contributed by atoms with van der Waals surface area (Å²) in [6, 6.07) is 7.43. The lowest BCUT2D eigenvalue weighted by atomic mass is 10.3. The van der Waals surface area contributed by atoms with Crippen molar-refractivity contribution in [2.45, 2.75) is 13.3 Å². The van der Waals surface area contributed by atoms with Crippen LogP contribution in [0.2, 0.25) is 0 Å². The number of halogens is 1. The Labute approximate surface area is 116 Å². The summed E-state index contributed by atoms with van der Waals surface area (Å²) in [5.74, 6) is 0.580. The lowest BCUT2D eigenvalue weighted by Gasteiger charge is -2.08. The molecule has 0 aliphatic rings. The number of ether oxygens (including phenoxy) is 1. The van der Waals surface area contributed by atoms with Crippen molar-refractivity contribution in [3.8, 4) is 5.75 Å². The molecule has 5 heteroatoms. The second kappa shape index (κ2) is 8.94. The first-order chi connectivity index (χ1) is 8.72. The Kier molecular flexibility index (Phi) is 7.44. The van der Waals surface area contributed by atoms with Crippen LogP contribution in [0.3, 0.4) is 0 Å². The van der Waals surface area contributed by atoms with Crippen molar-refractivity contribution in [3.63, 3.8) is 0 Å². The van der Waals surface area contributed by atoms with Crippen molar-refractivity contribution in [1.82, 2.24) is 10.6 Å². The molecule has 0 saturated heterocycles. The third-order valence-electron chi connectivity index (χ3n) is 2.22. The highest BCUT2D eigenvalue weighted by atomic mass is 79.9. The van der Waals surface area contributed by atoms with Gasteiger partial charge < -0.3 is 15.4 Å². The second-order valence-electron chi connectivity index (χ2n) is 3.85. The first kappa shape index (κ1) is 15.0. The summed E-state index contributed by atoms with van der Waals surface area (Å²) in [7, 11) is 0. The molecule has 0 aromatic heterocycles. The second-order valence-corrected chi connectivity index (χ2v) is 4.76. The van der Waals surface area contributed by atoms with Gasteiger partial charge in [-0.05, 0) is 31.2 Å². The highest BCUT2D eigenvalue weighted by molar-refractivity contribution is 9.10. The van der Waals surface area contributed by atoms with Crippen molar-refractivity contribution in [2.75, 3.05) is 26.2 Å². The number of hydrogen-bond acceptors (Lipinski definition) is 3. The number of carbonyl (C=O) groups excluding carboxylic acids is 1. The highest BCUT2D eigenvalue weighted by Crippen LogP contribution is 2.17. The molecule has 18 heavy (non-hydrogen) atoms. The van der Waals surface area contributed by atoms with Gasteiger partial charge in [0.05, 0.1) is 0 Å². The molecule has 2 N–H and O–H groups in total. The summed E-state index contributed by atoms with van der Waals surface area (Å²) in [4.78, 5) is 11.5. The van der Waals surface area contributed by atoms with Crippen molar-refractivity contribution in [1.29, 1.82) is 0 Å². The Morgan fingerprint density at radius 1 is 1.33 bits per heavy atom. The van der Waals surface area contributed by atoms with Gasteiger partial charge in [-0.25, -0.2) is 0 Å². The van der Waals surface area contributed by atoms with E-state index in [-0.39, 0.29) is 12.5 Å². The molecule has 0 radical (unpaired) electrons. The van der Waals surface area contributed by atoms with Gasteiger partial charge in [0, 0.05) is 17.6 Å². The maximum Gasteiger partial charge on any atom is 0.257 e. The molecule has 1 aromatic rings. The fraction of sp³-hybridized carbons (Fsp3) is 0.462. The van der Waals surface area contributed by atoms with E-state index in [0.29, 0.717) is 12.3 Å². The Hall–Kier alpha value is -1.07. The molecule has 1 amide bonds. The molecule has 0 heterocycles. The molecular formula is C13H19BrN2O2. The highest BCUT2D eigenvalue weighted by Gasteiger charge is 2.02. The molecule has 1 rings (SSSR count). The van der Waals surface area contributed by atoms with Gasteiger partial charge in [0.25, 0.3) is 5.91 Å². The Morgan fingerprint density at radius 3 is 2.89 bits per heavy atom. The van der Waals surface area contributed by atoms with Crippen molar-refractivity contribution < 1.29 is 9.53 Å². The van der Waals surface area contributed by atoms with Gasteiger partial charge in [-0.1, -0.05) is 28.9 Å². The van der Waals surface area contributed by atoms with Crippen LogP contribution in [0.25, 0.3) is 0 Å². The first-order valence-electron chi connectivity index (χ1n) is 6.08. The molecule has 0 unspecified atom stereocenters. The van der Waals surface area contributed by atoms with Crippen molar-refractivity contribution >= 4 is 21.8 Å². The van der Waals surface area contributed by atoms with Gasteiger partial charge in [-0.15, -0.1) is 0 Å². The van der Waals surface area contributed by atoms with Gasteiger partial charge >= 0.3 is 0 Å². The predicted molar refractivity (Wildman–Crippen MR) is 75.8 cm³/mol. The number of carbonyl (C=O) groups is 1. The minimum absolute atomic E-state index is 0.0459. The van der Waals surface area contributed by atoms with Crippen LogP contribution in [0.1, 0.15) is 13.3 Å². The molecule has 100 valence electrons. The summed E-state index contributed by atoms with van der Waals surface area (Å²) >= 11 is 3.35. The van der Waals surface area contributed by atoms with Crippen LogP contribution < -0.4 is 15.4 Å². The molecule has 0 bridgehead atoms. The van der Waals surface area contributed by atoms with Gasteiger partial charge in [-0.2, -0.15) is 0 Å². The SMILES string of the molecule is CCCNCCNC(=O)COc1cccc(Br)c1. The molecule has 1 aromatic carbocycles. The molecule has 0 fully saturated rings. The Bertz CT molecular complexity index is 372. The summed E-state index contributed by atoms with van der Waals surface area (Å²) in [6.45, 7) is 4.54. The van der Waals surface area contributed by atoms with E-state index >= 15 is 0 Å². The molecule has 0 aliphatic heterocycles. The normalized spacial score (nSPS) is 10.1. The topological polar surface area (TPSA) is 50.4 Å². The van der Waals surface area contributed by atoms with E-state index in [1.54, 1.807) is 0 Å². The smallest absolute Gasteiger partial charge is 0.257 e. The number of rotatable bonds is 8.